The number of phosphoric ester groups is 1. The first-order valence-corrected chi connectivity index (χ1v) is 43.9. The summed E-state index contributed by atoms with van der Waals surface area (Å²) in [5.41, 5.74) is -1.29. The molecule has 111 heavy (non-hydrogen) atoms. The Balaban J connectivity index is 1.94. The summed E-state index contributed by atoms with van der Waals surface area (Å²) in [6.07, 6.45) is 15.7. The summed E-state index contributed by atoms with van der Waals surface area (Å²) in [7, 11) is -5.25. The van der Waals surface area contributed by atoms with Crippen LogP contribution in [0, 0.1) is 0 Å². The molecule has 1 fully saturated rings. The molecule has 628 valence electrons. The zero-order chi connectivity index (χ0) is 81.2. The van der Waals surface area contributed by atoms with Crippen LogP contribution in [0.4, 0.5) is 9.59 Å². The predicted molar refractivity (Wildman–Crippen MR) is 433 cm³/mol. The van der Waals surface area contributed by atoms with E-state index < -0.39 is 138 Å². The van der Waals surface area contributed by atoms with Gasteiger partial charge in [0.2, 0.25) is 13.5 Å². The van der Waals surface area contributed by atoms with Crippen molar-refractivity contribution in [2.75, 3.05) is 19.8 Å². The molecule has 4 rings (SSSR count). The Bertz CT molecular complexity index is 3080. The zero-order valence-electron chi connectivity index (χ0n) is 65.9. The lowest BCUT2D eigenvalue weighted by Gasteiger charge is -2.45. The molecule has 1 aliphatic rings. The Morgan fingerprint density at radius 3 is 1.40 bits per heavy atom. The first-order valence-electron chi connectivity index (χ1n) is 40.2. The number of nitrogens with one attached hydrogen (secondary N) is 2. The van der Waals surface area contributed by atoms with Crippen molar-refractivity contribution in [3.05, 3.63) is 96.6 Å². The highest BCUT2D eigenvalue weighted by Gasteiger charge is 2.55. The number of amides is 2. The number of hydrogen-bond donors (Lipinski definition) is 2. The molecule has 0 aromatic heterocycles. The van der Waals surface area contributed by atoms with Crippen molar-refractivity contribution in [2.45, 2.75) is 341 Å². The number of carbonyl (C=O) groups is 7. The normalized spacial score (nSPS) is 16.8. The molecule has 0 radical (unpaired) electrons. The third kappa shape index (κ3) is 44.1. The quantitative estimate of drug-likeness (QED) is 0.0175. The number of halogens is 6. The van der Waals surface area contributed by atoms with Gasteiger partial charge in [-0.3, -0.25) is 23.7 Å². The first-order chi connectivity index (χ1) is 53.2. The van der Waals surface area contributed by atoms with Crippen LogP contribution in [0.2, 0.25) is 0 Å². The molecule has 22 nitrogen and oxygen atoms in total. The predicted octanol–water partition coefficient (Wildman–Crippen LogP) is 22.2. The third-order valence-corrected chi connectivity index (χ3v) is 21.6. The highest BCUT2D eigenvalue weighted by atomic mass is 35.6. The van der Waals surface area contributed by atoms with Crippen molar-refractivity contribution < 1.29 is 94.3 Å². The molecule has 1 unspecified atom stereocenters. The number of phosphoric acid groups is 1. The SMILES string of the molecule is CCCCCCCCCCC[C@H](CC(=O)N[C@@H](COC1O[C@H](COC(=O)OC(C)(C)C(Cl)(Cl)Cl)[C@@H](OP(=O)(Oc2ccccc2)Oc2ccccc2)[C@H](OC(=O)C[C@@H](CCCCCCCCCCC)OC(=O)CCCCCCCC)[C@H]1NC(=O)OCC(Cl)(Cl)Cl)C(=O)OCc1ccccc1)OC(=O)CCCCCCCC. The highest BCUT2D eigenvalue weighted by molar-refractivity contribution is 7.49. The molecule has 3 aromatic rings. The van der Waals surface area contributed by atoms with Gasteiger partial charge >= 0.3 is 43.9 Å². The van der Waals surface area contributed by atoms with Gasteiger partial charge in [-0.2, -0.15) is 0 Å². The Hall–Kier alpha value is -5.00. The first kappa shape index (κ1) is 98.4. The molecule has 8 atom stereocenters. The number of ether oxygens (including phenoxy) is 9. The second kappa shape index (κ2) is 56.3. The van der Waals surface area contributed by atoms with Gasteiger partial charge < -0.3 is 62.3 Å². The minimum absolute atomic E-state index is 0.0611. The topological polar surface area (TPSA) is 271 Å². The van der Waals surface area contributed by atoms with Gasteiger partial charge in [-0.25, -0.2) is 18.9 Å². The van der Waals surface area contributed by atoms with Gasteiger partial charge in [0.15, 0.2) is 24.0 Å². The summed E-state index contributed by atoms with van der Waals surface area (Å²) in [6.45, 7) is 8.11. The molecular formula is C82H123Cl6N2O20P. The Morgan fingerprint density at radius 2 is 0.946 bits per heavy atom. The molecule has 2 amide bonds. The zero-order valence-corrected chi connectivity index (χ0v) is 71.4. The standard InChI is InChI=1S/C82H123Cl6N2O20P/c1-7-11-15-19-23-25-27-29-38-52-65(103-70(92)54-44-31-21-17-13-9-3)56-69(91)89-67(76(95)99-58-62-46-36-33-37-47-62)59-100-77-73(90-78(96)102-61-81(83,84)85)75(106-72(94)57-66(53-39-30-28-26-24-20-16-12-8-2)104-71(93)55-45-32-22-18-14-10-4)74(68(105-77)60-101-79(97)107-80(5,6)82(86,87)88)110-111(98,108-63-48-40-34-41-49-63)109-64-50-42-35-43-51-64/h33-37,40-43,46-51,65-68,73-75,77H,7-32,38-39,44-45,52-61H2,1-6H3,(H,89,91)(H,90,96)/t65-,66-,67+,68-,73-,74-,75-,77?/m1/s1. The van der Waals surface area contributed by atoms with E-state index in [1.165, 1.54) is 51.0 Å². The average molecular weight is 1700 g/mol. The van der Waals surface area contributed by atoms with Crippen LogP contribution < -0.4 is 19.7 Å². The fourth-order valence-corrected chi connectivity index (χ4v) is 13.9. The summed E-state index contributed by atoms with van der Waals surface area (Å²) in [5.74, 6) is -4.00. The summed E-state index contributed by atoms with van der Waals surface area (Å²) >= 11 is 37.2. The van der Waals surface area contributed by atoms with Gasteiger partial charge in [-0.05, 0) is 82.2 Å². The van der Waals surface area contributed by atoms with E-state index in [1.807, 2.05) is 0 Å². The maximum atomic E-state index is 15.9. The highest BCUT2D eigenvalue weighted by Crippen LogP contribution is 2.53. The van der Waals surface area contributed by atoms with Crippen LogP contribution in [0.3, 0.4) is 0 Å². The Kier molecular flexibility index (Phi) is 49.9. The average Bonchev–Trinajstić information content (AvgIpc) is 0.769. The number of alkyl halides is 6. The number of carbonyl (C=O) groups excluding carboxylic acids is 7. The molecule has 0 bridgehead atoms. The minimum Gasteiger partial charge on any atom is -0.462 e. The lowest BCUT2D eigenvalue weighted by molar-refractivity contribution is -0.272. The lowest BCUT2D eigenvalue weighted by Crippen LogP contribution is -2.67. The van der Waals surface area contributed by atoms with Gasteiger partial charge in [0, 0.05) is 12.8 Å². The van der Waals surface area contributed by atoms with Crippen molar-refractivity contribution in [1.82, 2.24) is 10.6 Å². The summed E-state index contributed by atoms with van der Waals surface area (Å²) < 4.78 is 84.8. The van der Waals surface area contributed by atoms with E-state index in [0.29, 0.717) is 37.7 Å². The maximum absolute atomic E-state index is 15.9. The maximum Gasteiger partial charge on any atom is 0.588 e. The smallest absolute Gasteiger partial charge is 0.462 e. The molecule has 1 heterocycles. The van der Waals surface area contributed by atoms with Crippen LogP contribution in [0.5, 0.6) is 11.5 Å². The van der Waals surface area contributed by atoms with Crippen LogP contribution >= 0.6 is 77.4 Å². The lowest BCUT2D eigenvalue weighted by atomic mass is 9.96. The van der Waals surface area contributed by atoms with Gasteiger partial charge in [0.25, 0.3) is 0 Å². The van der Waals surface area contributed by atoms with Gasteiger partial charge in [0.1, 0.15) is 61.8 Å². The van der Waals surface area contributed by atoms with Crippen molar-refractivity contribution in [2.24, 2.45) is 0 Å². The fraction of sp³-hybridized carbons (Fsp3) is 0.695. The second-order valence-electron chi connectivity index (χ2n) is 28.8. The van der Waals surface area contributed by atoms with E-state index in [-0.39, 0.29) is 43.8 Å². The molecule has 3 aromatic carbocycles. The number of esters is 4. The molecule has 2 N–H and O–H groups in total. The fourth-order valence-electron chi connectivity index (χ4n) is 12.2. The third-order valence-electron chi connectivity index (χ3n) is 18.5. The van der Waals surface area contributed by atoms with Crippen LogP contribution in [0.1, 0.15) is 278 Å². The van der Waals surface area contributed by atoms with Crippen molar-refractivity contribution in [3.8, 4) is 11.5 Å². The van der Waals surface area contributed by atoms with Crippen molar-refractivity contribution >= 4 is 119 Å². The summed E-state index contributed by atoms with van der Waals surface area (Å²) in [5, 5.41) is 5.30. The molecule has 29 heteroatoms. The van der Waals surface area contributed by atoms with E-state index in [4.69, 9.17) is 126 Å². The molecule has 1 aliphatic heterocycles. The monoisotopic (exact) mass is 1700 g/mol. The van der Waals surface area contributed by atoms with E-state index in [9.17, 15) is 28.8 Å². The number of rotatable bonds is 59. The van der Waals surface area contributed by atoms with Crippen LogP contribution in [0.15, 0.2) is 91.0 Å². The molecule has 1 saturated heterocycles. The van der Waals surface area contributed by atoms with E-state index >= 15 is 9.36 Å². The number of benzene rings is 3. The van der Waals surface area contributed by atoms with Crippen molar-refractivity contribution in [1.29, 1.82) is 0 Å². The largest absolute Gasteiger partial charge is 0.588 e. The van der Waals surface area contributed by atoms with Crippen LogP contribution in [-0.2, 0) is 82.3 Å². The molecule has 0 saturated carbocycles. The summed E-state index contributed by atoms with van der Waals surface area (Å²) in [4.78, 5) is 101. The Labute approximate surface area is 689 Å². The van der Waals surface area contributed by atoms with Gasteiger partial charge in [0.05, 0.1) is 19.4 Å². The Morgan fingerprint density at radius 1 is 0.514 bits per heavy atom. The number of alkyl carbamates (subject to hydrolysis) is 1. The minimum atomic E-state index is -5.25. The van der Waals surface area contributed by atoms with Crippen molar-refractivity contribution in [3.63, 3.8) is 0 Å². The second-order valence-corrected chi connectivity index (χ2v) is 35.1. The molecule has 0 aliphatic carbocycles. The van der Waals surface area contributed by atoms with E-state index in [1.54, 1.807) is 66.7 Å². The number of hydrogen-bond acceptors (Lipinski definition) is 20. The number of para-hydroxylation sites is 2. The van der Waals surface area contributed by atoms with E-state index in [2.05, 4.69) is 38.3 Å². The van der Waals surface area contributed by atoms with Crippen LogP contribution in [0.25, 0.3) is 0 Å². The molecular weight excluding hydrogens is 1580 g/mol. The molecule has 0 spiro atoms. The van der Waals surface area contributed by atoms with Gasteiger partial charge in [-0.1, -0.05) is 331 Å². The number of unbranched alkanes of at least 4 members (excludes halogenated alkanes) is 26. The summed E-state index contributed by atoms with van der Waals surface area (Å²) in [6, 6.07) is 20.4. The van der Waals surface area contributed by atoms with Crippen LogP contribution in [-0.4, -0.2) is 124 Å². The van der Waals surface area contributed by atoms with Gasteiger partial charge in [-0.15, -0.1) is 0 Å². The van der Waals surface area contributed by atoms with E-state index in [0.717, 1.165) is 154 Å².